The molecular formula is C13H12N2O3S2. The standard InChI is InChI=1S/C13H12N2O3S2/c16-13-14-11-5-1-2-6-12(11)20(17,18)15(13)8-7-10-4-3-9-19-10/h1-6,9H,7-8H2,(H,14,16). The first-order valence-electron chi connectivity index (χ1n) is 6.04. The number of fused-ring (bicyclic) bond motifs is 1. The highest BCUT2D eigenvalue weighted by Gasteiger charge is 2.35. The van der Waals surface area contributed by atoms with Crippen molar-refractivity contribution in [2.45, 2.75) is 11.3 Å². The zero-order valence-electron chi connectivity index (χ0n) is 10.4. The molecule has 0 saturated carbocycles. The number of carbonyl (C=O) groups is 1. The van der Waals surface area contributed by atoms with Crippen LogP contribution in [0, 0.1) is 0 Å². The third-order valence-electron chi connectivity index (χ3n) is 3.06. The molecule has 5 nitrogen and oxygen atoms in total. The Morgan fingerprint density at radius 2 is 1.95 bits per heavy atom. The van der Waals surface area contributed by atoms with Gasteiger partial charge in [0.25, 0.3) is 10.0 Å². The quantitative estimate of drug-likeness (QED) is 0.947. The van der Waals surface area contributed by atoms with Crippen molar-refractivity contribution >= 4 is 33.1 Å². The molecule has 3 rings (SSSR count). The summed E-state index contributed by atoms with van der Waals surface area (Å²) < 4.78 is 25.8. The van der Waals surface area contributed by atoms with E-state index in [4.69, 9.17) is 0 Å². The summed E-state index contributed by atoms with van der Waals surface area (Å²) in [6.45, 7) is 0.142. The second-order valence-electron chi connectivity index (χ2n) is 4.33. The van der Waals surface area contributed by atoms with E-state index in [1.165, 1.54) is 6.07 Å². The van der Waals surface area contributed by atoms with Gasteiger partial charge in [-0.25, -0.2) is 17.5 Å². The molecule has 104 valence electrons. The third kappa shape index (κ3) is 2.19. The van der Waals surface area contributed by atoms with E-state index in [9.17, 15) is 13.2 Å². The van der Waals surface area contributed by atoms with E-state index in [1.54, 1.807) is 29.5 Å². The number of amides is 2. The number of hydrogen-bond acceptors (Lipinski definition) is 4. The maximum absolute atomic E-state index is 12.4. The molecule has 0 spiro atoms. The van der Waals surface area contributed by atoms with Crippen LogP contribution in [-0.4, -0.2) is 25.3 Å². The van der Waals surface area contributed by atoms with Crippen molar-refractivity contribution in [3.05, 3.63) is 46.7 Å². The highest BCUT2D eigenvalue weighted by atomic mass is 32.2. The number of carbonyl (C=O) groups excluding carboxylic acids is 1. The molecule has 2 amide bonds. The molecule has 0 aliphatic carbocycles. The minimum atomic E-state index is -3.76. The van der Waals surface area contributed by atoms with Gasteiger partial charge >= 0.3 is 6.03 Å². The maximum Gasteiger partial charge on any atom is 0.335 e. The first kappa shape index (κ1) is 13.1. The summed E-state index contributed by atoms with van der Waals surface area (Å²) in [5, 5.41) is 4.53. The van der Waals surface area contributed by atoms with Gasteiger partial charge in [0.1, 0.15) is 4.90 Å². The van der Waals surface area contributed by atoms with Crippen LogP contribution in [0.5, 0.6) is 0 Å². The molecule has 1 aliphatic heterocycles. The molecule has 1 aromatic heterocycles. The normalized spacial score (nSPS) is 16.6. The van der Waals surface area contributed by atoms with Gasteiger partial charge in [0.05, 0.1) is 5.69 Å². The molecule has 2 aromatic rings. The number of thiophene rings is 1. The van der Waals surface area contributed by atoms with Gasteiger partial charge in [-0.1, -0.05) is 18.2 Å². The van der Waals surface area contributed by atoms with Gasteiger partial charge in [-0.2, -0.15) is 0 Å². The van der Waals surface area contributed by atoms with E-state index >= 15 is 0 Å². The Kier molecular flexibility index (Phi) is 3.23. The molecule has 1 aliphatic rings. The van der Waals surface area contributed by atoms with Crippen LogP contribution < -0.4 is 5.32 Å². The van der Waals surface area contributed by atoms with Gasteiger partial charge in [0, 0.05) is 17.8 Å². The van der Waals surface area contributed by atoms with Crippen LogP contribution in [0.1, 0.15) is 4.88 Å². The average molecular weight is 308 g/mol. The minimum absolute atomic E-state index is 0.142. The summed E-state index contributed by atoms with van der Waals surface area (Å²) in [4.78, 5) is 13.2. The number of benzene rings is 1. The van der Waals surface area contributed by atoms with Crippen molar-refractivity contribution < 1.29 is 13.2 Å². The third-order valence-corrected chi connectivity index (χ3v) is 5.84. The lowest BCUT2D eigenvalue weighted by Gasteiger charge is -2.28. The summed E-state index contributed by atoms with van der Waals surface area (Å²) in [7, 11) is -3.76. The minimum Gasteiger partial charge on any atom is -0.306 e. The summed E-state index contributed by atoms with van der Waals surface area (Å²) in [6, 6.07) is 9.65. The number of rotatable bonds is 3. The maximum atomic E-state index is 12.4. The number of hydrogen-bond donors (Lipinski definition) is 1. The summed E-state index contributed by atoms with van der Waals surface area (Å²) in [6.07, 6.45) is 0.520. The van der Waals surface area contributed by atoms with Crippen LogP contribution in [-0.2, 0) is 16.4 Å². The van der Waals surface area contributed by atoms with Crippen molar-refractivity contribution in [1.82, 2.24) is 4.31 Å². The average Bonchev–Trinajstić information content (AvgIpc) is 2.91. The van der Waals surface area contributed by atoms with Crippen molar-refractivity contribution in [1.29, 1.82) is 0 Å². The Morgan fingerprint density at radius 3 is 2.70 bits per heavy atom. The fourth-order valence-corrected chi connectivity index (χ4v) is 4.27. The largest absolute Gasteiger partial charge is 0.335 e. The summed E-state index contributed by atoms with van der Waals surface area (Å²) in [5.41, 5.74) is 0.338. The molecule has 1 N–H and O–H groups in total. The Bertz CT molecular complexity index is 739. The van der Waals surface area contributed by atoms with Gasteiger partial charge in [-0.3, -0.25) is 0 Å². The Morgan fingerprint density at radius 1 is 1.15 bits per heavy atom. The smallest absolute Gasteiger partial charge is 0.306 e. The summed E-state index contributed by atoms with van der Waals surface area (Å²) >= 11 is 1.55. The zero-order chi connectivity index (χ0) is 14.2. The van der Waals surface area contributed by atoms with Gasteiger partial charge in [0.15, 0.2) is 0 Å². The molecule has 0 radical (unpaired) electrons. The Hall–Kier alpha value is -1.86. The van der Waals surface area contributed by atoms with Gasteiger partial charge in [-0.05, 0) is 23.6 Å². The highest BCUT2D eigenvalue weighted by Crippen LogP contribution is 2.29. The molecule has 0 saturated heterocycles. The molecule has 1 aromatic carbocycles. The van der Waals surface area contributed by atoms with E-state index in [0.29, 0.717) is 12.1 Å². The summed E-state index contributed by atoms with van der Waals surface area (Å²) in [5.74, 6) is 0. The van der Waals surface area contributed by atoms with Crippen LogP contribution in [0.4, 0.5) is 10.5 Å². The van der Waals surface area contributed by atoms with Crippen LogP contribution in [0.25, 0.3) is 0 Å². The second-order valence-corrected chi connectivity index (χ2v) is 7.20. The highest BCUT2D eigenvalue weighted by molar-refractivity contribution is 7.90. The van der Waals surface area contributed by atoms with E-state index in [1.807, 2.05) is 17.5 Å². The van der Waals surface area contributed by atoms with Gasteiger partial charge in [-0.15, -0.1) is 11.3 Å². The molecule has 0 unspecified atom stereocenters. The number of nitrogens with one attached hydrogen (secondary N) is 1. The van der Waals surface area contributed by atoms with Crippen LogP contribution >= 0.6 is 11.3 Å². The van der Waals surface area contributed by atoms with E-state index in [2.05, 4.69) is 5.32 Å². The zero-order valence-corrected chi connectivity index (χ0v) is 12.1. The first-order chi connectivity index (χ1) is 9.59. The number of anilines is 1. The molecule has 0 fully saturated rings. The van der Waals surface area contributed by atoms with Crippen molar-refractivity contribution in [3.63, 3.8) is 0 Å². The number of para-hydroxylation sites is 1. The van der Waals surface area contributed by atoms with Crippen LogP contribution in [0.3, 0.4) is 0 Å². The molecule has 7 heteroatoms. The van der Waals surface area contributed by atoms with E-state index in [-0.39, 0.29) is 11.4 Å². The predicted molar refractivity (Wildman–Crippen MR) is 77.4 cm³/mol. The lowest BCUT2D eigenvalue weighted by atomic mass is 10.3. The van der Waals surface area contributed by atoms with Gasteiger partial charge < -0.3 is 5.32 Å². The molecule has 2 heterocycles. The van der Waals surface area contributed by atoms with Crippen LogP contribution in [0.2, 0.25) is 0 Å². The molecule has 20 heavy (non-hydrogen) atoms. The predicted octanol–water partition coefficient (Wildman–Crippen LogP) is 2.53. The van der Waals surface area contributed by atoms with E-state index in [0.717, 1.165) is 9.18 Å². The van der Waals surface area contributed by atoms with Crippen molar-refractivity contribution in [2.75, 3.05) is 11.9 Å². The topological polar surface area (TPSA) is 66.5 Å². The number of nitrogens with zero attached hydrogens (tertiary/aromatic N) is 1. The number of urea groups is 1. The lowest BCUT2D eigenvalue weighted by Crippen LogP contribution is -2.44. The molecule has 0 bridgehead atoms. The van der Waals surface area contributed by atoms with Gasteiger partial charge in [0.2, 0.25) is 0 Å². The Balaban J connectivity index is 1.90. The monoisotopic (exact) mass is 308 g/mol. The second kappa shape index (κ2) is 4.92. The van der Waals surface area contributed by atoms with Crippen molar-refractivity contribution in [3.8, 4) is 0 Å². The fourth-order valence-electron chi connectivity index (χ4n) is 2.09. The number of sulfonamides is 1. The SMILES string of the molecule is O=C1Nc2ccccc2S(=O)(=O)N1CCc1cccs1. The van der Waals surface area contributed by atoms with E-state index < -0.39 is 16.1 Å². The first-order valence-corrected chi connectivity index (χ1v) is 8.36. The fraction of sp³-hybridized carbons (Fsp3) is 0.154. The Labute approximate surface area is 120 Å². The lowest BCUT2D eigenvalue weighted by molar-refractivity contribution is 0.235. The molecular weight excluding hydrogens is 296 g/mol. The van der Waals surface area contributed by atoms with Crippen molar-refractivity contribution in [2.24, 2.45) is 0 Å². The molecule has 0 atom stereocenters. The van der Waals surface area contributed by atoms with Crippen LogP contribution in [0.15, 0.2) is 46.7 Å².